The first-order valence-electron chi connectivity index (χ1n) is 13.4. The minimum atomic E-state index is -0.991. The summed E-state index contributed by atoms with van der Waals surface area (Å²) in [4.78, 5) is 44.7. The highest BCUT2D eigenvalue weighted by molar-refractivity contribution is 8.02. The maximum absolute atomic E-state index is 14.7. The summed E-state index contributed by atoms with van der Waals surface area (Å²) in [7, 11) is 0. The lowest BCUT2D eigenvalue weighted by Gasteiger charge is -2.41. The summed E-state index contributed by atoms with van der Waals surface area (Å²) in [5, 5.41) is 22.8. The van der Waals surface area contributed by atoms with Crippen LogP contribution in [0.3, 0.4) is 0 Å². The predicted octanol–water partition coefficient (Wildman–Crippen LogP) is 4.33. The molecule has 2 N–H and O–H groups in total. The third-order valence-corrected chi connectivity index (χ3v) is 11.2. The first kappa shape index (κ1) is 26.8. The minimum Gasteiger partial charge on any atom is -0.481 e. The number of hydrogen-bond acceptors (Lipinski definition) is 5. The molecule has 0 saturated carbocycles. The molecule has 2 aromatic carbocycles. The minimum absolute atomic E-state index is 0.0657. The van der Waals surface area contributed by atoms with Crippen molar-refractivity contribution in [3.05, 3.63) is 55.1 Å². The largest absolute Gasteiger partial charge is 0.481 e. The molecule has 2 bridgehead atoms. The highest BCUT2D eigenvalue weighted by Gasteiger charge is 2.78. The third-order valence-electron chi connectivity index (χ3n) is 9.18. The molecular weight excluding hydrogens is 500 g/mol. The number of amides is 2. The van der Waals surface area contributed by atoms with E-state index in [1.54, 1.807) is 15.9 Å². The van der Waals surface area contributed by atoms with Crippen LogP contribution in [0.4, 0.5) is 5.69 Å². The van der Waals surface area contributed by atoms with Crippen LogP contribution in [-0.2, 0) is 14.4 Å². The zero-order valence-corrected chi connectivity index (χ0v) is 23.0. The number of carboxylic acid groups (broad SMARTS) is 1. The summed E-state index contributed by atoms with van der Waals surface area (Å²) in [5.74, 6) is -3.31. The number of fused-ring (bicyclic) bond motifs is 2. The Morgan fingerprint density at radius 3 is 2.58 bits per heavy atom. The van der Waals surface area contributed by atoms with Gasteiger partial charge in [0, 0.05) is 17.0 Å². The number of likely N-dealkylation sites (tertiary alicyclic amines) is 1. The van der Waals surface area contributed by atoms with Crippen LogP contribution in [0.1, 0.15) is 40.0 Å². The van der Waals surface area contributed by atoms with Crippen molar-refractivity contribution in [2.75, 3.05) is 18.1 Å². The summed E-state index contributed by atoms with van der Waals surface area (Å²) < 4.78 is -1.47. The van der Waals surface area contributed by atoms with Crippen LogP contribution in [0.15, 0.2) is 55.1 Å². The molecule has 3 fully saturated rings. The standard InChI is InChI=1S/C30H36N2O5S/c1-5-15-31(21-12-11-19-9-7-8-10-20(19)16-21)27(35)25-30-14-13-29(4,38-30)24(28(36)37)23(30)26(34)32(25)22(17-33)18(3)6-2/h5,7-12,16,18,22-25,33H,1,6,13-15,17H2,2-4H3,(H,36,37)/t18-,22-,23-,24+,25?,29-,30?/m0/s1. The number of hydrogen-bond donors (Lipinski definition) is 2. The van der Waals surface area contributed by atoms with Gasteiger partial charge in [-0.25, -0.2) is 0 Å². The normalized spacial score (nSPS) is 31.3. The van der Waals surface area contributed by atoms with Crippen molar-refractivity contribution in [2.24, 2.45) is 17.8 Å². The summed E-state index contributed by atoms with van der Waals surface area (Å²) >= 11 is 1.51. The Labute approximate surface area is 227 Å². The van der Waals surface area contributed by atoms with E-state index in [2.05, 4.69) is 6.58 Å². The van der Waals surface area contributed by atoms with Crippen LogP contribution in [0.2, 0.25) is 0 Å². The average Bonchev–Trinajstić information content (AvgIpc) is 3.48. The molecule has 8 heteroatoms. The van der Waals surface area contributed by atoms with Gasteiger partial charge in [0.05, 0.1) is 29.2 Å². The van der Waals surface area contributed by atoms with Crippen LogP contribution in [0, 0.1) is 17.8 Å². The fourth-order valence-electron chi connectivity index (χ4n) is 7.13. The Hall–Kier alpha value is -2.84. The summed E-state index contributed by atoms with van der Waals surface area (Å²) in [6, 6.07) is 12.3. The van der Waals surface area contributed by atoms with E-state index in [0.29, 0.717) is 24.9 Å². The number of aliphatic hydroxyl groups is 1. The molecule has 3 aliphatic rings. The number of aliphatic carboxylic acids is 1. The first-order chi connectivity index (χ1) is 18.1. The molecule has 3 saturated heterocycles. The molecule has 0 aromatic heterocycles. The van der Waals surface area contributed by atoms with Crippen LogP contribution < -0.4 is 4.90 Å². The lowest BCUT2D eigenvalue weighted by molar-refractivity contribution is -0.151. The van der Waals surface area contributed by atoms with Gasteiger partial charge in [0.15, 0.2) is 0 Å². The van der Waals surface area contributed by atoms with Crippen molar-refractivity contribution in [3.63, 3.8) is 0 Å². The molecule has 1 spiro atoms. The van der Waals surface area contributed by atoms with E-state index in [9.17, 15) is 24.6 Å². The maximum Gasteiger partial charge on any atom is 0.308 e. The van der Waals surface area contributed by atoms with Gasteiger partial charge in [-0.15, -0.1) is 18.3 Å². The third kappa shape index (κ3) is 3.79. The number of nitrogens with zero attached hydrogens (tertiary/aromatic N) is 2. The topological polar surface area (TPSA) is 98.2 Å². The Kier molecular flexibility index (Phi) is 6.84. The molecule has 2 unspecified atom stereocenters. The van der Waals surface area contributed by atoms with E-state index < -0.39 is 39.4 Å². The van der Waals surface area contributed by atoms with Gasteiger partial charge in [-0.3, -0.25) is 14.4 Å². The second-order valence-corrected chi connectivity index (χ2v) is 13.1. The fourth-order valence-corrected chi connectivity index (χ4v) is 9.46. The molecule has 3 heterocycles. The smallest absolute Gasteiger partial charge is 0.308 e. The van der Waals surface area contributed by atoms with Gasteiger partial charge in [-0.05, 0) is 48.6 Å². The van der Waals surface area contributed by atoms with Gasteiger partial charge in [-0.1, -0.05) is 56.7 Å². The number of anilines is 1. The lowest BCUT2D eigenvalue weighted by atomic mass is 9.66. The lowest BCUT2D eigenvalue weighted by Crippen LogP contribution is -2.58. The zero-order chi connectivity index (χ0) is 27.4. The SMILES string of the molecule is C=CCN(C(=O)C1N([C@@H](CO)[C@@H](C)CC)C(=O)[C@@H]2[C@H](C(=O)O)[C@]3(C)CCC12S3)c1ccc2ccccc2c1. The molecule has 2 amide bonds. The molecule has 3 aliphatic heterocycles. The van der Waals surface area contributed by atoms with Crippen molar-refractivity contribution in [1.82, 2.24) is 4.90 Å². The predicted molar refractivity (Wildman–Crippen MR) is 150 cm³/mol. The van der Waals surface area contributed by atoms with Gasteiger partial charge in [0.2, 0.25) is 5.91 Å². The second-order valence-electron chi connectivity index (χ2n) is 11.2. The van der Waals surface area contributed by atoms with E-state index in [1.165, 1.54) is 11.8 Å². The first-order valence-corrected chi connectivity index (χ1v) is 14.2. The van der Waals surface area contributed by atoms with Gasteiger partial charge in [0.1, 0.15) is 6.04 Å². The van der Waals surface area contributed by atoms with Crippen molar-refractivity contribution < 1.29 is 24.6 Å². The van der Waals surface area contributed by atoms with Crippen LogP contribution in [0.5, 0.6) is 0 Å². The van der Waals surface area contributed by atoms with E-state index in [-0.39, 0.29) is 30.9 Å². The van der Waals surface area contributed by atoms with E-state index in [1.807, 2.05) is 63.2 Å². The zero-order valence-electron chi connectivity index (χ0n) is 22.2. The van der Waals surface area contributed by atoms with Gasteiger partial charge < -0.3 is 20.0 Å². The molecule has 202 valence electrons. The number of benzene rings is 2. The van der Waals surface area contributed by atoms with Crippen molar-refractivity contribution in [1.29, 1.82) is 0 Å². The summed E-state index contributed by atoms with van der Waals surface area (Å²) in [5.41, 5.74) is 0.698. The Balaban J connectivity index is 1.65. The van der Waals surface area contributed by atoms with Crippen molar-refractivity contribution in [3.8, 4) is 0 Å². The van der Waals surface area contributed by atoms with Gasteiger partial charge in [0.25, 0.3) is 5.91 Å². The summed E-state index contributed by atoms with van der Waals surface area (Å²) in [6.07, 6.45) is 3.59. The van der Waals surface area contributed by atoms with Crippen molar-refractivity contribution >= 4 is 46.0 Å². The quantitative estimate of drug-likeness (QED) is 0.463. The maximum atomic E-state index is 14.7. The number of carbonyl (C=O) groups is 3. The van der Waals surface area contributed by atoms with E-state index in [4.69, 9.17) is 0 Å². The van der Waals surface area contributed by atoms with Crippen LogP contribution in [0.25, 0.3) is 10.8 Å². The van der Waals surface area contributed by atoms with Gasteiger partial charge >= 0.3 is 5.97 Å². The van der Waals surface area contributed by atoms with Crippen molar-refractivity contribution in [2.45, 2.75) is 61.6 Å². The van der Waals surface area contributed by atoms with Crippen LogP contribution >= 0.6 is 11.8 Å². The summed E-state index contributed by atoms with van der Waals surface area (Å²) in [6.45, 7) is 9.72. The number of thioether (sulfide) groups is 1. The van der Waals surface area contributed by atoms with E-state index >= 15 is 0 Å². The molecule has 7 atom stereocenters. The van der Waals surface area contributed by atoms with E-state index in [0.717, 1.165) is 10.8 Å². The van der Waals surface area contributed by atoms with Gasteiger partial charge in [-0.2, -0.15) is 0 Å². The Morgan fingerprint density at radius 2 is 1.95 bits per heavy atom. The van der Waals surface area contributed by atoms with Crippen LogP contribution in [-0.4, -0.2) is 67.6 Å². The second kappa shape index (κ2) is 9.72. The molecule has 38 heavy (non-hydrogen) atoms. The number of carboxylic acids is 1. The number of carbonyl (C=O) groups excluding carboxylic acids is 2. The number of rotatable bonds is 9. The molecule has 0 aliphatic carbocycles. The monoisotopic (exact) mass is 536 g/mol. The highest BCUT2D eigenvalue weighted by Crippen LogP contribution is 2.71. The molecular formula is C30H36N2O5S. The Bertz CT molecular complexity index is 1300. The fraction of sp³-hybridized carbons (Fsp3) is 0.500. The molecule has 0 radical (unpaired) electrons. The Morgan fingerprint density at radius 1 is 1.24 bits per heavy atom. The average molecular weight is 537 g/mol. The molecule has 5 rings (SSSR count). The highest BCUT2D eigenvalue weighted by atomic mass is 32.2. The number of aliphatic hydroxyl groups excluding tert-OH is 1. The molecule has 2 aromatic rings. The molecule has 7 nitrogen and oxygen atoms in total.